The summed E-state index contributed by atoms with van der Waals surface area (Å²) < 4.78 is 0. The molecule has 0 aromatic heterocycles. The van der Waals surface area contributed by atoms with E-state index in [1.807, 2.05) is 0 Å². The largest absolute Gasteiger partial charge is 1.00 e. The molecule has 0 aromatic carbocycles. The van der Waals surface area contributed by atoms with Crippen molar-refractivity contribution in [2.75, 3.05) is 44.3 Å². The third-order valence-corrected chi connectivity index (χ3v) is 14.8. The van der Waals surface area contributed by atoms with Crippen LogP contribution in [-0.2, 0) is 0 Å². The van der Waals surface area contributed by atoms with Crippen molar-refractivity contribution in [3.8, 4) is 0 Å². The Labute approximate surface area is 200 Å². The van der Waals surface area contributed by atoms with Gasteiger partial charge in [0.1, 0.15) is 0 Å². The van der Waals surface area contributed by atoms with Crippen LogP contribution in [0, 0.1) is 0 Å². The van der Waals surface area contributed by atoms with Crippen LogP contribution >= 0.6 is 17.2 Å². The van der Waals surface area contributed by atoms with Gasteiger partial charge in [-0.1, -0.05) is 0 Å². The van der Waals surface area contributed by atoms with Gasteiger partial charge in [-0.05, 0) is 19.3 Å². The Hall–Kier alpha value is 0.640. The molecule has 5 heteroatoms. The SMILES string of the molecule is C1CCC2=NCCC[NH+]2CC1.CCCCP(Cl)(CCCC)(CCCC)CCCC.[Cl-]. The third-order valence-electron chi connectivity index (χ3n) is 7.02. The van der Waals surface area contributed by atoms with Crippen molar-refractivity contribution in [3.05, 3.63) is 0 Å². The Morgan fingerprint density at radius 3 is 1.67 bits per heavy atom. The van der Waals surface area contributed by atoms with Gasteiger partial charge in [-0.25, -0.2) is 4.99 Å². The zero-order valence-corrected chi connectivity index (χ0v) is 23.2. The molecule has 0 aliphatic carbocycles. The van der Waals surface area contributed by atoms with Gasteiger partial charge in [0.2, 0.25) is 0 Å². The average Bonchev–Trinajstić information content (AvgIpc) is 3.00. The van der Waals surface area contributed by atoms with Crippen LogP contribution in [0.15, 0.2) is 4.99 Å². The molecular formula is C25H53Cl2N2P. The van der Waals surface area contributed by atoms with E-state index in [2.05, 4.69) is 32.7 Å². The van der Waals surface area contributed by atoms with Gasteiger partial charge in [0.25, 0.3) is 0 Å². The number of fused-ring (bicyclic) bond motifs is 1. The Morgan fingerprint density at radius 2 is 1.20 bits per heavy atom. The molecule has 2 aliphatic rings. The van der Waals surface area contributed by atoms with Crippen molar-refractivity contribution in [2.24, 2.45) is 4.99 Å². The standard InChI is InChI=1S/C16H36ClP.C9H16N2.ClH/c1-5-9-13-18(17,14-10-6-2,15-11-7-3)16-12-8-4;1-2-5-9-10-6-4-8-11(9)7-3-1;/h5-16H2,1-4H3;1-8H2;1H. The Balaban J connectivity index is 0.000000594. The number of halogens is 2. The molecule has 0 saturated carbocycles. The molecule has 1 atom stereocenters. The topological polar surface area (TPSA) is 16.8 Å². The number of unbranched alkanes of at least 4 members (excludes halogenated alkanes) is 4. The van der Waals surface area contributed by atoms with Crippen molar-refractivity contribution in [1.82, 2.24) is 0 Å². The molecule has 182 valence electrons. The molecule has 2 rings (SSSR count). The zero-order chi connectivity index (χ0) is 21.5. The normalized spacial score (nSPS) is 20.4. The molecule has 1 unspecified atom stereocenters. The van der Waals surface area contributed by atoms with E-state index in [0.29, 0.717) is 0 Å². The van der Waals surface area contributed by atoms with E-state index in [1.165, 1.54) is 127 Å². The number of aliphatic imine (C=N–C) groups is 1. The van der Waals surface area contributed by atoms with Crippen LogP contribution < -0.4 is 17.3 Å². The predicted octanol–water partition coefficient (Wildman–Crippen LogP) is 4.15. The van der Waals surface area contributed by atoms with Crippen LogP contribution in [-0.4, -0.2) is 50.1 Å². The second-order valence-electron chi connectivity index (χ2n) is 9.72. The summed E-state index contributed by atoms with van der Waals surface area (Å²) in [6.07, 6.45) is 22.8. The van der Waals surface area contributed by atoms with Gasteiger partial charge >= 0.3 is 121 Å². The van der Waals surface area contributed by atoms with E-state index in [1.54, 1.807) is 4.90 Å². The van der Waals surface area contributed by atoms with Gasteiger partial charge in [0, 0.05) is 19.4 Å². The van der Waals surface area contributed by atoms with Gasteiger partial charge in [0.15, 0.2) is 5.84 Å². The molecule has 0 aromatic rings. The van der Waals surface area contributed by atoms with Crippen molar-refractivity contribution >= 4 is 23.0 Å². The second-order valence-corrected chi connectivity index (χ2v) is 18.0. The first-order valence-electron chi connectivity index (χ1n) is 13.1. The molecule has 0 amide bonds. The minimum absolute atomic E-state index is 0. The van der Waals surface area contributed by atoms with Crippen molar-refractivity contribution in [1.29, 1.82) is 0 Å². The zero-order valence-electron chi connectivity index (χ0n) is 20.8. The molecule has 2 nitrogen and oxygen atoms in total. The van der Waals surface area contributed by atoms with Crippen LogP contribution in [0.5, 0.6) is 0 Å². The quantitative estimate of drug-likeness (QED) is 0.402. The summed E-state index contributed by atoms with van der Waals surface area (Å²) in [7, 11) is 0. The second kappa shape index (κ2) is 17.2. The molecule has 0 radical (unpaired) electrons. The summed E-state index contributed by atoms with van der Waals surface area (Å²) >= 11 is 7.44. The number of nitrogens with zero attached hydrogens (tertiary/aromatic N) is 1. The third kappa shape index (κ3) is 11.5. The van der Waals surface area contributed by atoms with Gasteiger partial charge < -0.3 is 12.4 Å². The van der Waals surface area contributed by atoms with E-state index >= 15 is 0 Å². The maximum atomic E-state index is 7.44. The fourth-order valence-corrected chi connectivity index (χ4v) is 12.2. The Kier molecular flexibility index (Phi) is 17.5. The van der Waals surface area contributed by atoms with Crippen LogP contribution in [0.4, 0.5) is 0 Å². The number of nitrogens with one attached hydrogen (secondary N) is 1. The van der Waals surface area contributed by atoms with Crippen LogP contribution in [0.2, 0.25) is 0 Å². The predicted molar refractivity (Wildman–Crippen MR) is 138 cm³/mol. The monoisotopic (exact) mass is 482 g/mol. The molecule has 1 fully saturated rings. The summed E-state index contributed by atoms with van der Waals surface area (Å²) in [6.45, 7) is 13.0. The fourth-order valence-electron chi connectivity index (χ4n) is 4.98. The average molecular weight is 484 g/mol. The smallest absolute Gasteiger partial charge is 1.00 e. The number of amidine groups is 1. The molecule has 2 aliphatic heterocycles. The van der Waals surface area contributed by atoms with E-state index < -0.39 is 5.96 Å². The maximum absolute atomic E-state index is 7.44. The summed E-state index contributed by atoms with van der Waals surface area (Å²) in [6, 6.07) is 0. The molecule has 0 bridgehead atoms. The minimum atomic E-state index is -1.89. The molecule has 1 saturated heterocycles. The number of hydrogen-bond donors (Lipinski definition) is 1. The van der Waals surface area contributed by atoms with E-state index in [0.717, 1.165) is 6.54 Å². The molecule has 0 spiro atoms. The molecular weight excluding hydrogens is 430 g/mol. The summed E-state index contributed by atoms with van der Waals surface area (Å²) in [5.74, 6) is -0.408. The molecule has 2 heterocycles. The van der Waals surface area contributed by atoms with Crippen molar-refractivity contribution < 1.29 is 17.3 Å². The molecule has 30 heavy (non-hydrogen) atoms. The molecule has 1 N–H and O–H groups in total. The van der Waals surface area contributed by atoms with Crippen molar-refractivity contribution in [3.63, 3.8) is 0 Å². The van der Waals surface area contributed by atoms with Crippen LogP contribution in [0.3, 0.4) is 0 Å². The Bertz CT molecular complexity index is 413. The van der Waals surface area contributed by atoms with Crippen LogP contribution in [0.1, 0.15) is 111 Å². The first-order valence-corrected chi connectivity index (χ1v) is 17.0. The van der Waals surface area contributed by atoms with E-state index in [9.17, 15) is 0 Å². The number of hydrogen-bond acceptors (Lipinski definition) is 1. The maximum Gasteiger partial charge on any atom is -1.00 e. The van der Waals surface area contributed by atoms with Gasteiger partial charge in [0.05, 0.1) is 13.1 Å². The minimum Gasteiger partial charge on any atom is -1.00 e. The number of rotatable bonds is 12. The summed E-state index contributed by atoms with van der Waals surface area (Å²) in [4.78, 5) is 6.28. The van der Waals surface area contributed by atoms with E-state index in [-0.39, 0.29) is 12.4 Å². The van der Waals surface area contributed by atoms with Crippen LogP contribution in [0.25, 0.3) is 0 Å². The van der Waals surface area contributed by atoms with Crippen molar-refractivity contribution in [2.45, 2.75) is 111 Å². The fraction of sp³-hybridized carbons (Fsp3) is 0.960. The van der Waals surface area contributed by atoms with E-state index in [4.69, 9.17) is 11.2 Å². The van der Waals surface area contributed by atoms with Gasteiger partial charge in [-0.3, -0.25) is 4.90 Å². The number of quaternary nitrogens is 1. The summed E-state index contributed by atoms with van der Waals surface area (Å²) in [5, 5.41) is 0. The summed E-state index contributed by atoms with van der Waals surface area (Å²) in [5.41, 5.74) is 0. The first kappa shape index (κ1) is 30.6. The Morgan fingerprint density at radius 1 is 0.733 bits per heavy atom. The first-order chi connectivity index (χ1) is 14.0. The van der Waals surface area contributed by atoms with Gasteiger partial charge in [-0.2, -0.15) is 0 Å². The van der Waals surface area contributed by atoms with Gasteiger partial charge in [-0.15, -0.1) is 0 Å².